The minimum Gasteiger partial charge on any atom is -0.343 e. The maximum absolute atomic E-state index is 12.9. The van der Waals surface area contributed by atoms with Crippen molar-refractivity contribution in [1.82, 2.24) is 14.7 Å². The van der Waals surface area contributed by atoms with Crippen LogP contribution in [0.4, 0.5) is 0 Å². The van der Waals surface area contributed by atoms with Crippen LogP contribution in [0.25, 0.3) is 0 Å². The van der Waals surface area contributed by atoms with Gasteiger partial charge in [-0.25, -0.2) is 0 Å². The van der Waals surface area contributed by atoms with Crippen LogP contribution >= 0.6 is 0 Å². The van der Waals surface area contributed by atoms with Gasteiger partial charge in [-0.15, -0.1) is 0 Å². The Morgan fingerprint density at radius 3 is 2.22 bits per heavy atom. The van der Waals surface area contributed by atoms with E-state index in [0.29, 0.717) is 18.5 Å². The second-order valence-corrected chi connectivity index (χ2v) is 10.3. The van der Waals surface area contributed by atoms with Gasteiger partial charge in [0.2, 0.25) is 11.8 Å². The Hall–Kier alpha value is -1.88. The Morgan fingerprint density at radius 1 is 0.906 bits per heavy atom. The lowest BCUT2D eigenvalue weighted by molar-refractivity contribution is -0.137. The Balaban J connectivity index is 1.15. The molecule has 4 rings (SSSR count). The number of carbonyl (C=O) groups is 2. The molecular formula is C27H41N3O2. The molecule has 2 amide bonds. The first-order valence-corrected chi connectivity index (χ1v) is 12.9. The first-order chi connectivity index (χ1) is 15.6. The number of rotatable bonds is 7. The highest BCUT2D eigenvalue weighted by Crippen LogP contribution is 2.29. The number of benzene rings is 1. The molecule has 0 unspecified atom stereocenters. The summed E-state index contributed by atoms with van der Waals surface area (Å²) in [6.45, 7) is 4.53. The van der Waals surface area contributed by atoms with Gasteiger partial charge < -0.3 is 14.7 Å². The molecule has 0 spiro atoms. The molecular weight excluding hydrogens is 398 g/mol. The lowest BCUT2D eigenvalue weighted by atomic mass is 9.92. The summed E-state index contributed by atoms with van der Waals surface area (Å²) in [4.78, 5) is 32.1. The van der Waals surface area contributed by atoms with Crippen molar-refractivity contribution in [3.63, 3.8) is 0 Å². The van der Waals surface area contributed by atoms with Crippen molar-refractivity contribution in [3.05, 3.63) is 35.9 Å². The fourth-order valence-electron chi connectivity index (χ4n) is 6.02. The molecule has 1 aromatic rings. The van der Waals surface area contributed by atoms with Crippen molar-refractivity contribution in [3.8, 4) is 0 Å². The van der Waals surface area contributed by atoms with Gasteiger partial charge in [-0.05, 0) is 56.7 Å². The molecule has 5 heteroatoms. The predicted molar refractivity (Wildman–Crippen MR) is 128 cm³/mol. The van der Waals surface area contributed by atoms with Crippen molar-refractivity contribution in [1.29, 1.82) is 0 Å². The van der Waals surface area contributed by atoms with Gasteiger partial charge in [0.05, 0.1) is 0 Å². The van der Waals surface area contributed by atoms with E-state index in [9.17, 15) is 9.59 Å². The van der Waals surface area contributed by atoms with Crippen LogP contribution in [0.15, 0.2) is 30.3 Å². The van der Waals surface area contributed by atoms with E-state index in [1.807, 2.05) is 30.1 Å². The highest BCUT2D eigenvalue weighted by atomic mass is 16.2. The summed E-state index contributed by atoms with van der Waals surface area (Å²) < 4.78 is 0. The zero-order chi connectivity index (χ0) is 22.3. The standard InChI is InChI=1S/C27H41N3O2/c1-28(21-23-9-3-2-4-10-23)27(32)24-13-17-29(18-14-24)25-15-19-30(20-16-25)26(31)12-11-22-7-5-6-8-22/h2-4,9-10,22,24-25H,5-8,11-21H2,1H3. The fourth-order valence-corrected chi connectivity index (χ4v) is 6.02. The van der Waals surface area contributed by atoms with Gasteiger partial charge in [0.15, 0.2) is 0 Å². The van der Waals surface area contributed by atoms with Crippen LogP contribution in [0.5, 0.6) is 0 Å². The highest BCUT2D eigenvalue weighted by Gasteiger charge is 2.32. The number of likely N-dealkylation sites (tertiary alicyclic amines) is 2. The van der Waals surface area contributed by atoms with Gasteiger partial charge >= 0.3 is 0 Å². The van der Waals surface area contributed by atoms with E-state index in [0.717, 1.165) is 70.6 Å². The largest absolute Gasteiger partial charge is 0.343 e. The molecule has 0 atom stereocenters. The molecule has 0 aromatic heterocycles. The molecule has 1 saturated carbocycles. The minimum atomic E-state index is 0.150. The number of carbonyl (C=O) groups excluding carboxylic acids is 2. The molecule has 2 saturated heterocycles. The molecule has 0 N–H and O–H groups in total. The third-order valence-corrected chi connectivity index (χ3v) is 8.09. The number of piperidine rings is 2. The van der Waals surface area contributed by atoms with Crippen LogP contribution in [0, 0.1) is 11.8 Å². The second-order valence-electron chi connectivity index (χ2n) is 10.3. The van der Waals surface area contributed by atoms with Gasteiger partial charge in [-0.1, -0.05) is 56.0 Å². The lowest BCUT2D eigenvalue weighted by Crippen LogP contribution is -2.50. The van der Waals surface area contributed by atoms with E-state index >= 15 is 0 Å². The Bertz CT molecular complexity index is 731. The summed E-state index contributed by atoms with van der Waals surface area (Å²) in [5.74, 6) is 1.61. The molecule has 3 fully saturated rings. The molecule has 176 valence electrons. The van der Waals surface area contributed by atoms with Gasteiger partial charge in [0.25, 0.3) is 0 Å². The molecule has 2 aliphatic heterocycles. The zero-order valence-electron chi connectivity index (χ0n) is 19.9. The molecule has 32 heavy (non-hydrogen) atoms. The monoisotopic (exact) mass is 439 g/mol. The number of nitrogens with zero attached hydrogens (tertiary/aromatic N) is 3. The van der Waals surface area contributed by atoms with Gasteiger partial charge in [0, 0.05) is 45.1 Å². The van der Waals surface area contributed by atoms with Crippen LogP contribution in [0.1, 0.15) is 69.8 Å². The van der Waals surface area contributed by atoms with Crippen molar-refractivity contribution < 1.29 is 9.59 Å². The van der Waals surface area contributed by atoms with E-state index in [2.05, 4.69) is 21.9 Å². The SMILES string of the molecule is CN(Cc1ccccc1)C(=O)C1CCN(C2CCN(C(=O)CCC3CCCC3)CC2)CC1. The van der Waals surface area contributed by atoms with E-state index in [1.165, 1.54) is 31.2 Å². The minimum absolute atomic E-state index is 0.150. The number of amides is 2. The smallest absolute Gasteiger partial charge is 0.225 e. The summed E-state index contributed by atoms with van der Waals surface area (Å²) in [6.07, 6.45) is 11.3. The van der Waals surface area contributed by atoms with Crippen molar-refractivity contribution in [2.45, 2.75) is 76.8 Å². The molecule has 0 bridgehead atoms. The van der Waals surface area contributed by atoms with E-state index in [1.54, 1.807) is 0 Å². The maximum atomic E-state index is 12.9. The average Bonchev–Trinajstić information content (AvgIpc) is 3.37. The molecule has 5 nitrogen and oxygen atoms in total. The molecule has 1 aromatic carbocycles. The summed E-state index contributed by atoms with van der Waals surface area (Å²) in [6, 6.07) is 10.8. The fraction of sp³-hybridized carbons (Fsp3) is 0.704. The Kier molecular flexibility index (Phi) is 8.23. The third-order valence-electron chi connectivity index (χ3n) is 8.09. The van der Waals surface area contributed by atoms with Crippen LogP contribution in [0.2, 0.25) is 0 Å². The second kappa shape index (κ2) is 11.3. The summed E-state index contributed by atoms with van der Waals surface area (Å²) >= 11 is 0. The normalized spacial score (nSPS) is 21.7. The van der Waals surface area contributed by atoms with Crippen molar-refractivity contribution in [2.75, 3.05) is 33.2 Å². The van der Waals surface area contributed by atoms with Gasteiger partial charge in [-0.3, -0.25) is 9.59 Å². The molecule has 0 radical (unpaired) electrons. The van der Waals surface area contributed by atoms with E-state index in [4.69, 9.17) is 0 Å². The third kappa shape index (κ3) is 6.12. The van der Waals surface area contributed by atoms with Crippen LogP contribution < -0.4 is 0 Å². The topological polar surface area (TPSA) is 43.9 Å². The van der Waals surface area contributed by atoms with Crippen LogP contribution in [-0.2, 0) is 16.1 Å². The number of hydrogen-bond donors (Lipinski definition) is 0. The Morgan fingerprint density at radius 2 is 1.56 bits per heavy atom. The van der Waals surface area contributed by atoms with Gasteiger partial charge in [0.1, 0.15) is 0 Å². The molecule has 3 aliphatic rings. The zero-order valence-corrected chi connectivity index (χ0v) is 19.9. The summed E-state index contributed by atoms with van der Waals surface area (Å²) in [5, 5.41) is 0. The van der Waals surface area contributed by atoms with Gasteiger partial charge in [-0.2, -0.15) is 0 Å². The van der Waals surface area contributed by atoms with E-state index < -0.39 is 0 Å². The molecule has 2 heterocycles. The lowest BCUT2D eigenvalue weighted by Gasteiger charge is -2.42. The van der Waals surface area contributed by atoms with Crippen LogP contribution in [-0.4, -0.2) is 65.8 Å². The molecule has 1 aliphatic carbocycles. The predicted octanol–water partition coefficient (Wildman–Crippen LogP) is 4.32. The summed E-state index contributed by atoms with van der Waals surface area (Å²) in [5.41, 5.74) is 1.19. The first kappa shape index (κ1) is 23.3. The van der Waals surface area contributed by atoms with Crippen LogP contribution in [0.3, 0.4) is 0 Å². The average molecular weight is 440 g/mol. The first-order valence-electron chi connectivity index (χ1n) is 12.9. The maximum Gasteiger partial charge on any atom is 0.225 e. The van der Waals surface area contributed by atoms with Crippen molar-refractivity contribution in [2.24, 2.45) is 11.8 Å². The summed E-state index contributed by atoms with van der Waals surface area (Å²) in [7, 11) is 1.93. The quantitative estimate of drug-likeness (QED) is 0.636. The van der Waals surface area contributed by atoms with Crippen molar-refractivity contribution >= 4 is 11.8 Å². The number of hydrogen-bond acceptors (Lipinski definition) is 3. The van der Waals surface area contributed by atoms with E-state index in [-0.39, 0.29) is 11.8 Å². The Labute approximate surface area is 194 Å². The highest BCUT2D eigenvalue weighted by molar-refractivity contribution is 5.78.